The topological polar surface area (TPSA) is 46.3 Å². The molecule has 1 unspecified atom stereocenters. The zero-order valence-corrected chi connectivity index (χ0v) is 11.7. The Balaban J connectivity index is 2.08. The molecular formula is C16H24N2O. The largest absolute Gasteiger partial charge is 0.338 e. The van der Waals surface area contributed by atoms with Crippen molar-refractivity contribution in [2.45, 2.75) is 51.1 Å². The van der Waals surface area contributed by atoms with E-state index < -0.39 is 6.04 Å². The first-order chi connectivity index (χ1) is 9.24. The molecule has 0 aromatic heterocycles. The van der Waals surface area contributed by atoms with E-state index in [0.717, 1.165) is 37.8 Å². The summed E-state index contributed by atoms with van der Waals surface area (Å²) in [7, 11) is 0. The summed E-state index contributed by atoms with van der Waals surface area (Å²) in [6.45, 7) is 3.04. The lowest BCUT2D eigenvalue weighted by atomic mass is 9.96. The van der Waals surface area contributed by atoms with Crippen molar-refractivity contribution < 1.29 is 4.79 Å². The number of likely N-dealkylation sites (tertiary alicyclic amines) is 1. The molecule has 0 bridgehead atoms. The van der Waals surface area contributed by atoms with E-state index >= 15 is 0 Å². The second-order valence-corrected chi connectivity index (χ2v) is 5.36. The van der Waals surface area contributed by atoms with E-state index in [1.807, 2.05) is 35.2 Å². The van der Waals surface area contributed by atoms with Crippen LogP contribution in [0.1, 0.15) is 50.6 Å². The summed E-state index contributed by atoms with van der Waals surface area (Å²) in [5.74, 6) is 0.0874. The molecular weight excluding hydrogens is 236 g/mol. The Morgan fingerprint density at radius 2 is 2.11 bits per heavy atom. The molecule has 1 aliphatic heterocycles. The summed E-state index contributed by atoms with van der Waals surface area (Å²) in [6.07, 6.45) is 5.67. The average molecular weight is 260 g/mol. The lowest BCUT2D eigenvalue weighted by Crippen LogP contribution is -2.47. The van der Waals surface area contributed by atoms with E-state index in [1.165, 1.54) is 6.42 Å². The molecule has 2 rings (SSSR count). The third-order valence-corrected chi connectivity index (χ3v) is 3.96. The Hall–Kier alpha value is -1.35. The quantitative estimate of drug-likeness (QED) is 0.904. The number of rotatable bonds is 4. The van der Waals surface area contributed by atoms with E-state index in [9.17, 15) is 4.79 Å². The number of carbonyl (C=O) groups excluding carboxylic acids is 1. The van der Waals surface area contributed by atoms with Gasteiger partial charge in [-0.2, -0.15) is 0 Å². The fourth-order valence-electron chi connectivity index (χ4n) is 2.91. The number of hydrogen-bond donors (Lipinski definition) is 1. The third kappa shape index (κ3) is 3.35. The van der Waals surface area contributed by atoms with Gasteiger partial charge in [-0.25, -0.2) is 0 Å². The Morgan fingerprint density at radius 3 is 2.79 bits per heavy atom. The van der Waals surface area contributed by atoms with Gasteiger partial charge in [0.1, 0.15) is 6.04 Å². The highest BCUT2D eigenvalue weighted by atomic mass is 16.2. The van der Waals surface area contributed by atoms with Crippen LogP contribution in [-0.2, 0) is 4.79 Å². The Labute approximate surface area is 115 Å². The van der Waals surface area contributed by atoms with Crippen molar-refractivity contribution in [3.05, 3.63) is 35.9 Å². The number of nitrogens with zero attached hydrogens (tertiary/aromatic N) is 1. The lowest BCUT2D eigenvalue weighted by Gasteiger charge is -2.37. The maximum absolute atomic E-state index is 12.6. The van der Waals surface area contributed by atoms with Crippen LogP contribution >= 0.6 is 0 Å². The van der Waals surface area contributed by atoms with E-state index in [4.69, 9.17) is 5.73 Å². The van der Waals surface area contributed by atoms with Gasteiger partial charge >= 0.3 is 0 Å². The number of hydrogen-bond acceptors (Lipinski definition) is 2. The molecule has 3 nitrogen and oxygen atoms in total. The first-order valence-corrected chi connectivity index (χ1v) is 7.35. The van der Waals surface area contributed by atoms with Gasteiger partial charge in [0.05, 0.1) is 0 Å². The van der Waals surface area contributed by atoms with Crippen molar-refractivity contribution in [3.8, 4) is 0 Å². The van der Waals surface area contributed by atoms with Gasteiger partial charge in [-0.3, -0.25) is 4.79 Å². The molecule has 3 heteroatoms. The molecule has 1 fully saturated rings. The molecule has 0 saturated carbocycles. The lowest BCUT2D eigenvalue weighted by molar-refractivity contribution is -0.136. The smallest absolute Gasteiger partial charge is 0.244 e. The Bertz CT molecular complexity index is 402. The number of benzene rings is 1. The third-order valence-electron chi connectivity index (χ3n) is 3.96. The molecule has 0 radical (unpaired) electrons. The van der Waals surface area contributed by atoms with E-state index in [-0.39, 0.29) is 5.91 Å². The molecule has 1 heterocycles. The van der Waals surface area contributed by atoms with Gasteiger partial charge in [0, 0.05) is 12.6 Å². The fourth-order valence-corrected chi connectivity index (χ4v) is 2.91. The van der Waals surface area contributed by atoms with Crippen molar-refractivity contribution in [2.24, 2.45) is 5.73 Å². The van der Waals surface area contributed by atoms with Crippen molar-refractivity contribution in [1.29, 1.82) is 0 Å². The molecule has 1 saturated heterocycles. The van der Waals surface area contributed by atoms with Gasteiger partial charge < -0.3 is 10.6 Å². The van der Waals surface area contributed by atoms with Gasteiger partial charge in [0.15, 0.2) is 0 Å². The van der Waals surface area contributed by atoms with E-state index in [2.05, 4.69) is 6.92 Å². The zero-order valence-electron chi connectivity index (χ0n) is 11.7. The van der Waals surface area contributed by atoms with Gasteiger partial charge in [-0.1, -0.05) is 43.7 Å². The van der Waals surface area contributed by atoms with Crippen LogP contribution in [0.3, 0.4) is 0 Å². The second kappa shape index (κ2) is 6.71. The second-order valence-electron chi connectivity index (χ2n) is 5.36. The van der Waals surface area contributed by atoms with Crippen LogP contribution in [0.5, 0.6) is 0 Å². The monoisotopic (exact) mass is 260 g/mol. The minimum atomic E-state index is -0.515. The standard InChI is InChI=1S/C16H24N2O/c1-2-8-14-11-6-7-12-18(14)16(19)15(17)13-9-4-3-5-10-13/h3-5,9-10,14-15H,2,6-8,11-12,17H2,1H3/t14?,15-/m0/s1. The van der Waals surface area contributed by atoms with E-state index in [1.54, 1.807) is 0 Å². The molecule has 1 aromatic carbocycles. The summed E-state index contributed by atoms with van der Waals surface area (Å²) in [6, 6.07) is 9.55. The van der Waals surface area contributed by atoms with Crippen LogP contribution in [0.4, 0.5) is 0 Å². The van der Waals surface area contributed by atoms with Crippen LogP contribution in [0.15, 0.2) is 30.3 Å². The first-order valence-electron chi connectivity index (χ1n) is 7.35. The summed E-state index contributed by atoms with van der Waals surface area (Å²) < 4.78 is 0. The molecule has 1 aliphatic rings. The Kier molecular flexibility index (Phi) is 4.97. The summed E-state index contributed by atoms with van der Waals surface area (Å²) in [5, 5.41) is 0. The highest BCUT2D eigenvalue weighted by molar-refractivity contribution is 5.83. The minimum Gasteiger partial charge on any atom is -0.338 e. The van der Waals surface area contributed by atoms with Crippen molar-refractivity contribution in [1.82, 2.24) is 4.90 Å². The normalized spacial score (nSPS) is 21.2. The highest BCUT2D eigenvalue weighted by Crippen LogP contribution is 2.24. The number of carbonyl (C=O) groups is 1. The molecule has 1 aromatic rings. The summed E-state index contributed by atoms with van der Waals surface area (Å²) in [5.41, 5.74) is 7.05. The SMILES string of the molecule is CCCC1CCCCN1C(=O)[C@@H](N)c1ccccc1. The molecule has 2 N–H and O–H groups in total. The minimum absolute atomic E-state index is 0.0874. The van der Waals surface area contributed by atoms with Crippen LogP contribution in [0.25, 0.3) is 0 Å². The molecule has 0 spiro atoms. The predicted octanol–water partition coefficient (Wildman–Crippen LogP) is 2.87. The molecule has 2 atom stereocenters. The maximum atomic E-state index is 12.6. The summed E-state index contributed by atoms with van der Waals surface area (Å²) >= 11 is 0. The van der Waals surface area contributed by atoms with E-state index in [0.29, 0.717) is 6.04 Å². The zero-order chi connectivity index (χ0) is 13.7. The first kappa shape index (κ1) is 14.1. The van der Waals surface area contributed by atoms with Crippen molar-refractivity contribution in [2.75, 3.05) is 6.54 Å². The van der Waals surface area contributed by atoms with Gasteiger partial charge in [0.2, 0.25) is 5.91 Å². The van der Waals surface area contributed by atoms with Crippen molar-refractivity contribution in [3.63, 3.8) is 0 Å². The van der Waals surface area contributed by atoms with Crippen LogP contribution in [0.2, 0.25) is 0 Å². The molecule has 1 amide bonds. The summed E-state index contributed by atoms with van der Waals surface area (Å²) in [4.78, 5) is 14.6. The fraction of sp³-hybridized carbons (Fsp3) is 0.562. The predicted molar refractivity (Wildman–Crippen MR) is 77.6 cm³/mol. The Morgan fingerprint density at radius 1 is 1.37 bits per heavy atom. The van der Waals surface area contributed by atoms with Crippen LogP contribution < -0.4 is 5.73 Å². The van der Waals surface area contributed by atoms with Crippen LogP contribution in [-0.4, -0.2) is 23.4 Å². The number of piperidine rings is 1. The maximum Gasteiger partial charge on any atom is 0.244 e. The van der Waals surface area contributed by atoms with Gasteiger partial charge in [0.25, 0.3) is 0 Å². The van der Waals surface area contributed by atoms with Gasteiger partial charge in [-0.05, 0) is 31.2 Å². The molecule has 19 heavy (non-hydrogen) atoms. The number of nitrogens with two attached hydrogens (primary N) is 1. The average Bonchev–Trinajstić information content (AvgIpc) is 2.47. The van der Waals surface area contributed by atoms with Gasteiger partial charge in [-0.15, -0.1) is 0 Å². The molecule has 0 aliphatic carbocycles. The number of amides is 1. The van der Waals surface area contributed by atoms with Crippen LogP contribution in [0, 0.1) is 0 Å². The molecule has 104 valence electrons. The van der Waals surface area contributed by atoms with Crippen molar-refractivity contribution >= 4 is 5.91 Å². The highest BCUT2D eigenvalue weighted by Gasteiger charge is 2.29.